The average molecular weight is 419 g/mol. The van der Waals surface area contributed by atoms with Crippen molar-refractivity contribution in [3.63, 3.8) is 0 Å². The van der Waals surface area contributed by atoms with Crippen molar-refractivity contribution < 1.29 is 19.3 Å². The van der Waals surface area contributed by atoms with E-state index in [9.17, 15) is 5.11 Å². The molecule has 31 heavy (non-hydrogen) atoms. The number of nitriles is 1. The zero-order chi connectivity index (χ0) is 21.2. The number of anilines is 1. The van der Waals surface area contributed by atoms with Crippen LogP contribution in [0.2, 0.25) is 0 Å². The molecule has 0 saturated carbocycles. The molecule has 1 aromatic heterocycles. The molecule has 2 aromatic rings. The van der Waals surface area contributed by atoms with Crippen molar-refractivity contribution in [2.45, 2.75) is 18.9 Å². The van der Waals surface area contributed by atoms with Gasteiger partial charge in [0.25, 0.3) is 5.88 Å². The number of aliphatic hydroxyl groups excluding tert-OH is 1. The third kappa shape index (κ3) is 3.85. The van der Waals surface area contributed by atoms with E-state index in [1.54, 1.807) is 18.3 Å². The predicted octanol–water partition coefficient (Wildman–Crippen LogP) is 1.76. The van der Waals surface area contributed by atoms with Gasteiger partial charge in [-0.2, -0.15) is 10.3 Å². The van der Waals surface area contributed by atoms with Crippen molar-refractivity contribution in [2.24, 2.45) is 4.99 Å². The Bertz CT molecular complexity index is 1090. The number of pyridine rings is 1. The van der Waals surface area contributed by atoms with Crippen LogP contribution < -0.4 is 14.8 Å². The van der Waals surface area contributed by atoms with Gasteiger partial charge in [-0.15, -0.1) is 0 Å². The number of ether oxygens (including phenoxy) is 3. The molecule has 0 radical (unpaired) electrons. The second kappa shape index (κ2) is 8.16. The number of aliphatic imine (C=N–C) groups is 1. The summed E-state index contributed by atoms with van der Waals surface area (Å²) in [6.07, 6.45) is 2.96. The van der Waals surface area contributed by atoms with Crippen LogP contribution in [0.1, 0.15) is 11.1 Å². The maximum absolute atomic E-state index is 10.5. The second-order valence-electron chi connectivity index (χ2n) is 7.34. The molecule has 2 N–H and O–H groups in total. The highest BCUT2D eigenvalue weighted by Gasteiger charge is 2.30. The highest BCUT2D eigenvalue weighted by Crippen LogP contribution is 2.34. The van der Waals surface area contributed by atoms with E-state index in [-0.39, 0.29) is 19.3 Å². The van der Waals surface area contributed by atoms with E-state index in [1.807, 2.05) is 29.2 Å². The molecule has 2 unspecified atom stereocenters. The van der Waals surface area contributed by atoms with Gasteiger partial charge in [0.1, 0.15) is 19.8 Å². The minimum atomic E-state index is -1.01. The van der Waals surface area contributed by atoms with E-state index in [1.165, 1.54) is 0 Å². The van der Waals surface area contributed by atoms with Crippen LogP contribution in [0, 0.1) is 11.3 Å². The van der Waals surface area contributed by atoms with Crippen molar-refractivity contribution in [3.8, 4) is 17.7 Å². The highest BCUT2D eigenvalue weighted by atomic mass is 16.6. The molecule has 9 heteroatoms. The van der Waals surface area contributed by atoms with Gasteiger partial charge in [-0.1, -0.05) is 6.07 Å². The monoisotopic (exact) mass is 419 g/mol. The fourth-order valence-corrected chi connectivity index (χ4v) is 3.86. The minimum absolute atomic E-state index is 0.230. The smallest absolute Gasteiger partial charge is 0.257 e. The lowest BCUT2D eigenvalue weighted by atomic mass is 9.95. The van der Waals surface area contributed by atoms with Gasteiger partial charge < -0.3 is 29.5 Å². The zero-order valence-corrected chi connectivity index (χ0v) is 16.7. The summed E-state index contributed by atoms with van der Waals surface area (Å²) in [5, 5.41) is 22.4. The molecule has 1 aromatic carbocycles. The van der Waals surface area contributed by atoms with Crippen molar-refractivity contribution in [2.75, 3.05) is 31.6 Å². The predicted molar refractivity (Wildman–Crippen MR) is 112 cm³/mol. The molecule has 5 rings (SSSR count). The summed E-state index contributed by atoms with van der Waals surface area (Å²) in [6, 6.07) is 11.6. The van der Waals surface area contributed by atoms with Gasteiger partial charge >= 0.3 is 0 Å². The normalized spacial score (nSPS) is 21.1. The first kappa shape index (κ1) is 19.2. The van der Waals surface area contributed by atoms with E-state index in [4.69, 9.17) is 19.5 Å². The molecule has 0 amide bonds. The Kier molecular flexibility index (Phi) is 5.06. The number of hydrogen-bond acceptors (Lipinski definition) is 9. The Morgan fingerprint density at radius 2 is 2.29 bits per heavy atom. The average Bonchev–Trinajstić information content (AvgIpc) is 2.81. The maximum Gasteiger partial charge on any atom is 0.257 e. The Balaban J connectivity index is 1.30. The van der Waals surface area contributed by atoms with Crippen LogP contribution in [0.25, 0.3) is 5.70 Å². The quantitative estimate of drug-likeness (QED) is 0.721. The SMILES string of the molecule is N#CCNc1ccc2c(c1)CCN1C2=CC(OCC2COc3ncccc3O2)=NC1O. The Hall–Kier alpha value is -3.77. The van der Waals surface area contributed by atoms with Crippen LogP contribution in [0.4, 0.5) is 5.69 Å². The number of nitrogens with one attached hydrogen (secondary N) is 1. The first-order valence-electron chi connectivity index (χ1n) is 10.1. The topological polar surface area (TPSA) is 112 Å². The number of rotatable bonds is 4. The van der Waals surface area contributed by atoms with Gasteiger partial charge in [0.15, 0.2) is 11.9 Å². The molecule has 0 spiro atoms. The van der Waals surface area contributed by atoms with Crippen molar-refractivity contribution in [3.05, 3.63) is 53.7 Å². The molecular formula is C22H21N5O4. The number of aliphatic hydroxyl groups is 1. The fourth-order valence-electron chi connectivity index (χ4n) is 3.86. The Labute approximate surface area is 179 Å². The third-order valence-corrected chi connectivity index (χ3v) is 5.32. The van der Waals surface area contributed by atoms with Gasteiger partial charge in [0.05, 0.1) is 11.8 Å². The van der Waals surface area contributed by atoms with E-state index < -0.39 is 6.35 Å². The number of fused-ring (bicyclic) bond motifs is 4. The molecule has 0 aliphatic carbocycles. The lowest BCUT2D eigenvalue weighted by molar-refractivity contribution is 0.0348. The molecule has 2 atom stereocenters. The molecule has 0 fully saturated rings. The van der Waals surface area contributed by atoms with Crippen LogP contribution in [-0.4, -0.2) is 59.6 Å². The molecular weight excluding hydrogens is 398 g/mol. The lowest BCUT2D eigenvalue weighted by Crippen LogP contribution is -2.41. The van der Waals surface area contributed by atoms with Crippen LogP contribution in [0.15, 0.2) is 47.6 Å². The zero-order valence-electron chi connectivity index (χ0n) is 16.7. The van der Waals surface area contributed by atoms with E-state index >= 15 is 0 Å². The van der Waals surface area contributed by atoms with Gasteiger partial charge in [-0.25, -0.2) is 4.98 Å². The number of hydrogen-bond donors (Lipinski definition) is 2. The summed E-state index contributed by atoms with van der Waals surface area (Å²) in [5.74, 6) is 1.41. The molecule has 0 saturated heterocycles. The summed E-state index contributed by atoms with van der Waals surface area (Å²) >= 11 is 0. The fraction of sp³-hybridized carbons (Fsp3) is 0.318. The highest BCUT2D eigenvalue weighted by molar-refractivity contribution is 5.97. The molecule has 0 bridgehead atoms. The lowest BCUT2D eigenvalue weighted by Gasteiger charge is -2.37. The number of aromatic nitrogens is 1. The van der Waals surface area contributed by atoms with Gasteiger partial charge in [-0.05, 0) is 36.2 Å². The van der Waals surface area contributed by atoms with Crippen molar-refractivity contribution >= 4 is 17.3 Å². The van der Waals surface area contributed by atoms with Crippen molar-refractivity contribution in [1.29, 1.82) is 5.26 Å². The molecule has 158 valence electrons. The van der Waals surface area contributed by atoms with Crippen LogP contribution >= 0.6 is 0 Å². The summed E-state index contributed by atoms with van der Waals surface area (Å²) in [5.41, 5.74) is 3.93. The summed E-state index contributed by atoms with van der Waals surface area (Å²) in [6.45, 7) is 1.45. The first-order chi connectivity index (χ1) is 15.2. The maximum atomic E-state index is 10.5. The van der Waals surface area contributed by atoms with E-state index in [0.717, 1.165) is 28.9 Å². The minimum Gasteiger partial charge on any atom is -0.478 e. The van der Waals surface area contributed by atoms with Crippen LogP contribution in [0.3, 0.4) is 0 Å². The van der Waals surface area contributed by atoms with Crippen LogP contribution in [0.5, 0.6) is 11.6 Å². The Morgan fingerprint density at radius 3 is 3.19 bits per heavy atom. The summed E-state index contributed by atoms with van der Waals surface area (Å²) in [4.78, 5) is 10.2. The number of nitrogens with zero attached hydrogens (tertiary/aromatic N) is 4. The van der Waals surface area contributed by atoms with Gasteiger partial charge in [0.2, 0.25) is 12.2 Å². The number of benzene rings is 1. The largest absolute Gasteiger partial charge is 0.478 e. The molecule has 9 nitrogen and oxygen atoms in total. The molecule has 4 heterocycles. The third-order valence-electron chi connectivity index (χ3n) is 5.32. The van der Waals surface area contributed by atoms with E-state index in [2.05, 4.69) is 21.4 Å². The van der Waals surface area contributed by atoms with Crippen molar-refractivity contribution in [1.82, 2.24) is 9.88 Å². The molecule has 3 aliphatic rings. The van der Waals surface area contributed by atoms with Crippen LogP contribution in [-0.2, 0) is 11.2 Å². The second-order valence-corrected chi connectivity index (χ2v) is 7.34. The van der Waals surface area contributed by atoms with E-state index in [0.29, 0.717) is 30.7 Å². The summed E-state index contributed by atoms with van der Waals surface area (Å²) < 4.78 is 17.3. The van der Waals surface area contributed by atoms with Gasteiger partial charge in [0, 0.05) is 30.1 Å². The standard InChI is InChI=1S/C22H21N5O4/c23-6-8-24-15-3-4-17-14(10-15)5-9-27-18(17)11-20(26-22(27)28)29-12-16-13-30-21-19(31-16)2-1-7-25-21/h1-4,7,10-11,16,22,24,28H,5,8-9,12-13H2. The first-order valence-corrected chi connectivity index (χ1v) is 10.1. The Morgan fingerprint density at radius 1 is 1.35 bits per heavy atom. The van der Waals surface area contributed by atoms with Gasteiger partial charge in [-0.3, -0.25) is 0 Å². The summed E-state index contributed by atoms with van der Waals surface area (Å²) in [7, 11) is 0. The molecule has 3 aliphatic heterocycles.